The van der Waals surface area contributed by atoms with Crippen molar-refractivity contribution in [1.82, 2.24) is 0 Å². The van der Waals surface area contributed by atoms with Gasteiger partial charge in [-0.2, -0.15) is 0 Å². The molecule has 0 saturated heterocycles. The summed E-state index contributed by atoms with van der Waals surface area (Å²) in [6.07, 6.45) is -0.471. The maximum absolute atomic E-state index is 12.4. The second-order valence-electron chi connectivity index (χ2n) is 5.39. The van der Waals surface area contributed by atoms with E-state index in [2.05, 4.69) is 0 Å². The van der Waals surface area contributed by atoms with E-state index in [-0.39, 0.29) is 24.0 Å². The number of para-hydroxylation sites is 1. The normalized spacial score (nSPS) is 25.0. The Bertz CT molecular complexity index is 636. The van der Waals surface area contributed by atoms with E-state index in [1.54, 1.807) is 7.11 Å². The van der Waals surface area contributed by atoms with E-state index in [1.807, 2.05) is 54.6 Å². The van der Waals surface area contributed by atoms with Gasteiger partial charge < -0.3 is 9.84 Å². The number of ether oxygens (including phenoxy) is 1. The van der Waals surface area contributed by atoms with Crippen molar-refractivity contribution in [2.45, 2.75) is 24.4 Å². The van der Waals surface area contributed by atoms with Gasteiger partial charge in [-0.25, -0.2) is 0 Å². The Labute approximate surface area is 124 Å². The maximum Gasteiger partial charge on any atom is 0.143 e. The minimum Gasteiger partial charge on any atom is -0.496 e. The first kappa shape index (κ1) is 13.8. The Kier molecular flexibility index (Phi) is 3.76. The standard InChI is InChI=1S/C18H18O3/c1-21-16-10-6-5-9-13(16)18-15(20)11-14(19)17(18)12-7-3-2-4-8-12/h2-10,15,17-18,20H,11H2,1H3/t15-,17+,18+/m0/s1. The molecule has 108 valence electrons. The maximum atomic E-state index is 12.4. The molecule has 3 rings (SSSR count). The first-order valence-electron chi connectivity index (χ1n) is 7.11. The SMILES string of the molecule is COc1ccccc1[C@@H]1[C@@H](O)CC(=O)[C@H]1c1ccccc1. The number of carbonyl (C=O) groups excluding carboxylic acids is 1. The second-order valence-corrected chi connectivity index (χ2v) is 5.39. The second kappa shape index (κ2) is 5.70. The van der Waals surface area contributed by atoms with Crippen LogP contribution >= 0.6 is 0 Å². The molecular weight excluding hydrogens is 264 g/mol. The number of carbonyl (C=O) groups is 1. The van der Waals surface area contributed by atoms with Crippen LogP contribution in [0.3, 0.4) is 0 Å². The van der Waals surface area contributed by atoms with Gasteiger partial charge in [0.05, 0.1) is 19.1 Å². The van der Waals surface area contributed by atoms with E-state index in [0.29, 0.717) is 0 Å². The highest BCUT2D eigenvalue weighted by molar-refractivity contribution is 5.90. The topological polar surface area (TPSA) is 46.5 Å². The zero-order chi connectivity index (χ0) is 14.8. The Morgan fingerprint density at radius 2 is 1.71 bits per heavy atom. The van der Waals surface area contributed by atoms with E-state index in [1.165, 1.54) is 0 Å². The Morgan fingerprint density at radius 3 is 2.43 bits per heavy atom. The Hall–Kier alpha value is -2.13. The van der Waals surface area contributed by atoms with Crippen molar-refractivity contribution >= 4 is 5.78 Å². The van der Waals surface area contributed by atoms with Crippen molar-refractivity contribution < 1.29 is 14.6 Å². The highest BCUT2D eigenvalue weighted by Crippen LogP contribution is 2.46. The van der Waals surface area contributed by atoms with Crippen LogP contribution in [0.5, 0.6) is 5.75 Å². The van der Waals surface area contributed by atoms with Gasteiger partial charge in [-0.05, 0) is 11.6 Å². The van der Waals surface area contributed by atoms with Gasteiger partial charge in [-0.1, -0.05) is 48.5 Å². The van der Waals surface area contributed by atoms with Crippen LogP contribution in [0, 0.1) is 0 Å². The van der Waals surface area contributed by atoms with Crippen LogP contribution < -0.4 is 4.74 Å². The van der Waals surface area contributed by atoms with Crippen molar-refractivity contribution in [1.29, 1.82) is 0 Å². The summed E-state index contributed by atoms with van der Waals surface area (Å²) >= 11 is 0. The molecule has 0 aromatic heterocycles. The largest absolute Gasteiger partial charge is 0.496 e. The number of aliphatic hydroxyl groups excluding tert-OH is 1. The molecule has 1 aliphatic carbocycles. The molecule has 2 aromatic carbocycles. The van der Waals surface area contributed by atoms with Gasteiger partial charge in [0, 0.05) is 17.9 Å². The minimum atomic E-state index is -0.668. The van der Waals surface area contributed by atoms with E-state index in [0.717, 1.165) is 16.9 Å². The van der Waals surface area contributed by atoms with E-state index in [4.69, 9.17) is 4.74 Å². The fourth-order valence-electron chi connectivity index (χ4n) is 3.26. The van der Waals surface area contributed by atoms with Gasteiger partial charge >= 0.3 is 0 Å². The molecular formula is C18H18O3. The monoisotopic (exact) mass is 282 g/mol. The summed E-state index contributed by atoms with van der Waals surface area (Å²) in [5.41, 5.74) is 1.85. The molecule has 3 atom stereocenters. The van der Waals surface area contributed by atoms with Gasteiger partial charge in [0.2, 0.25) is 0 Å². The summed E-state index contributed by atoms with van der Waals surface area (Å²) in [6.45, 7) is 0. The number of rotatable bonds is 3. The summed E-state index contributed by atoms with van der Waals surface area (Å²) in [4.78, 5) is 12.4. The number of hydrogen-bond acceptors (Lipinski definition) is 3. The molecule has 0 heterocycles. The van der Waals surface area contributed by atoms with Crippen LogP contribution in [-0.2, 0) is 4.79 Å². The highest BCUT2D eigenvalue weighted by Gasteiger charge is 2.44. The average Bonchev–Trinajstić information content (AvgIpc) is 2.82. The van der Waals surface area contributed by atoms with Crippen LogP contribution in [0.2, 0.25) is 0 Å². The quantitative estimate of drug-likeness (QED) is 0.941. The highest BCUT2D eigenvalue weighted by atomic mass is 16.5. The number of Topliss-reactive ketones (excluding diaryl/α,β-unsaturated/α-hetero) is 1. The van der Waals surface area contributed by atoms with Gasteiger partial charge in [-0.3, -0.25) is 4.79 Å². The van der Waals surface area contributed by atoms with Gasteiger partial charge in [0.1, 0.15) is 11.5 Å². The van der Waals surface area contributed by atoms with Crippen molar-refractivity contribution in [2.75, 3.05) is 7.11 Å². The van der Waals surface area contributed by atoms with Crippen LogP contribution in [0.25, 0.3) is 0 Å². The minimum absolute atomic E-state index is 0.0876. The summed E-state index contributed by atoms with van der Waals surface area (Å²) in [7, 11) is 1.61. The van der Waals surface area contributed by atoms with Gasteiger partial charge in [0.15, 0.2) is 0 Å². The third-order valence-electron chi connectivity index (χ3n) is 4.19. The van der Waals surface area contributed by atoms with E-state index < -0.39 is 6.10 Å². The Balaban J connectivity index is 2.08. The molecule has 0 spiro atoms. The van der Waals surface area contributed by atoms with Gasteiger partial charge in [0.25, 0.3) is 0 Å². The summed E-state index contributed by atoms with van der Waals surface area (Å²) in [5.74, 6) is 0.246. The fraction of sp³-hybridized carbons (Fsp3) is 0.278. The third kappa shape index (κ3) is 2.45. The van der Waals surface area contributed by atoms with Crippen LogP contribution in [0.1, 0.15) is 29.4 Å². The molecule has 3 nitrogen and oxygen atoms in total. The molecule has 0 bridgehead atoms. The number of hydrogen-bond donors (Lipinski definition) is 1. The molecule has 1 fully saturated rings. The molecule has 1 N–H and O–H groups in total. The fourth-order valence-corrected chi connectivity index (χ4v) is 3.26. The number of benzene rings is 2. The van der Waals surface area contributed by atoms with Crippen molar-refractivity contribution in [3.63, 3.8) is 0 Å². The van der Waals surface area contributed by atoms with E-state index in [9.17, 15) is 9.90 Å². The third-order valence-corrected chi connectivity index (χ3v) is 4.19. The molecule has 1 aliphatic rings. The lowest BCUT2D eigenvalue weighted by molar-refractivity contribution is -0.119. The molecule has 21 heavy (non-hydrogen) atoms. The predicted molar refractivity (Wildman–Crippen MR) is 80.5 cm³/mol. The molecule has 0 amide bonds. The zero-order valence-electron chi connectivity index (χ0n) is 11.9. The molecule has 3 heteroatoms. The summed E-state index contributed by atoms with van der Waals surface area (Å²) in [6, 6.07) is 17.3. The summed E-state index contributed by atoms with van der Waals surface area (Å²) in [5, 5.41) is 10.4. The average molecular weight is 282 g/mol. The predicted octanol–water partition coefficient (Wildman–Crippen LogP) is 2.90. The van der Waals surface area contributed by atoms with Crippen LogP contribution in [-0.4, -0.2) is 24.1 Å². The lowest BCUT2D eigenvalue weighted by Gasteiger charge is -2.23. The lowest BCUT2D eigenvalue weighted by Crippen LogP contribution is -2.18. The van der Waals surface area contributed by atoms with Crippen LogP contribution in [0.15, 0.2) is 54.6 Å². The number of methoxy groups -OCH3 is 1. The Morgan fingerprint density at radius 1 is 1.05 bits per heavy atom. The smallest absolute Gasteiger partial charge is 0.143 e. The van der Waals surface area contributed by atoms with Gasteiger partial charge in [-0.15, -0.1) is 0 Å². The molecule has 2 aromatic rings. The lowest BCUT2D eigenvalue weighted by atomic mass is 9.82. The summed E-state index contributed by atoms with van der Waals surface area (Å²) < 4.78 is 5.40. The number of ketones is 1. The van der Waals surface area contributed by atoms with Crippen LogP contribution in [0.4, 0.5) is 0 Å². The van der Waals surface area contributed by atoms with Crippen molar-refractivity contribution in [2.24, 2.45) is 0 Å². The first-order valence-corrected chi connectivity index (χ1v) is 7.11. The zero-order valence-corrected chi connectivity index (χ0v) is 11.9. The first-order chi connectivity index (χ1) is 10.2. The van der Waals surface area contributed by atoms with Crippen molar-refractivity contribution in [3.8, 4) is 5.75 Å². The molecule has 1 saturated carbocycles. The van der Waals surface area contributed by atoms with Crippen molar-refractivity contribution in [3.05, 3.63) is 65.7 Å². The van der Waals surface area contributed by atoms with E-state index >= 15 is 0 Å². The molecule has 0 aliphatic heterocycles. The molecule has 0 unspecified atom stereocenters. The number of aliphatic hydroxyl groups is 1. The molecule has 0 radical (unpaired) electrons.